The summed E-state index contributed by atoms with van der Waals surface area (Å²) >= 11 is 0.757. The molecule has 0 saturated heterocycles. The molecule has 0 saturated carbocycles. The summed E-state index contributed by atoms with van der Waals surface area (Å²) in [6, 6.07) is 28.6. The van der Waals surface area contributed by atoms with Gasteiger partial charge in [0.25, 0.3) is 5.56 Å². The van der Waals surface area contributed by atoms with Crippen molar-refractivity contribution in [1.82, 2.24) is 15.6 Å². The monoisotopic (exact) mass is 1030 g/mol. The standard InChI is InChI=1S/C13H16O3.C12H14N2O.C12H12N2O.C9H10O.C4H6O2.C2H3N.CH3.2ClH.Cu/c1-9-4-5-11(8-10(9)2)12(14)6-7-13(15)16-3;2*1-8-3-4-10(7-9(8)2)11-5-6-12(15)14-13-11;1-7-3-4-9(6-10)5-8(7)2;1-3-4(5)6-2;1-2-3;;;;/h4-5,8H,6-7H2,1-3H3;3-4,7H,5-6H2,1-2H3,(H,14,15);3-7H,1-2H3,(H,14,15);3-6H,1-2H3;3H,1H2,2H3;1H3;1H3;2*1H;/q;;;;;;-1;;;+2/p-2. The van der Waals surface area contributed by atoms with Crippen LogP contribution in [0.4, 0.5) is 0 Å². The number of hydrogen-bond acceptors (Lipinski definition) is 11. The summed E-state index contributed by atoms with van der Waals surface area (Å²) in [6.45, 7) is 20.9. The number of aromatic amines is 1. The van der Waals surface area contributed by atoms with E-state index in [1.54, 1.807) is 18.2 Å². The molecule has 0 aliphatic carbocycles. The fraction of sp³-hybridized carbons (Fsp3) is 0.283. The van der Waals surface area contributed by atoms with Crippen LogP contribution in [0.5, 0.6) is 0 Å². The molecule has 0 bridgehead atoms. The molecular formula is C53H64Cl2CuN5O8-. The molecule has 69 heavy (non-hydrogen) atoms. The van der Waals surface area contributed by atoms with Gasteiger partial charge in [-0.1, -0.05) is 55.1 Å². The molecule has 0 radical (unpaired) electrons. The summed E-state index contributed by atoms with van der Waals surface area (Å²) in [5, 5.41) is 17.8. The number of carbonyl (C=O) groups is 5. The van der Waals surface area contributed by atoms with Crippen LogP contribution in [0.2, 0.25) is 0 Å². The van der Waals surface area contributed by atoms with Crippen molar-refractivity contribution in [3.05, 3.63) is 177 Å². The van der Waals surface area contributed by atoms with Crippen LogP contribution in [-0.4, -0.2) is 60.0 Å². The van der Waals surface area contributed by atoms with E-state index in [-0.39, 0.29) is 43.5 Å². The number of H-pyrrole nitrogens is 1. The normalized spacial score (nSPS) is 10.4. The van der Waals surface area contributed by atoms with Crippen LogP contribution < -0.4 is 11.0 Å². The molecular weight excluding hydrogens is 969 g/mol. The molecule has 0 fully saturated rings. The number of hydrazone groups is 1. The summed E-state index contributed by atoms with van der Waals surface area (Å²) < 4.78 is 8.63. The minimum absolute atomic E-state index is 0. The van der Waals surface area contributed by atoms with Crippen molar-refractivity contribution in [2.24, 2.45) is 5.10 Å². The number of benzene rings is 4. The molecule has 16 heteroatoms. The van der Waals surface area contributed by atoms with E-state index < -0.39 is 5.97 Å². The summed E-state index contributed by atoms with van der Waals surface area (Å²) in [6.07, 6.45) is 3.59. The molecule has 1 aromatic heterocycles. The quantitative estimate of drug-likeness (QED) is 0.0377. The number of aromatic nitrogens is 2. The second-order valence-electron chi connectivity index (χ2n) is 14.8. The third-order valence-corrected chi connectivity index (χ3v) is 9.87. The van der Waals surface area contributed by atoms with Gasteiger partial charge in [0.05, 0.1) is 38.1 Å². The Kier molecular flexibility index (Phi) is 34.2. The average molecular weight is 1030 g/mol. The number of ketones is 1. The zero-order valence-corrected chi connectivity index (χ0v) is 43.9. The molecule has 5 aromatic rings. The van der Waals surface area contributed by atoms with Crippen LogP contribution in [0.15, 0.2) is 107 Å². The Hall–Kier alpha value is -6.49. The van der Waals surface area contributed by atoms with Gasteiger partial charge >= 0.3 is 45.3 Å². The maximum absolute atomic E-state index is 11.7. The van der Waals surface area contributed by atoms with Crippen molar-refractivity contribution in [2.45, 2.75) is 88.0 Å². The van der Waals surface area contributed by atoms with E-state index in [1.807, 2.05) is 64.1 Å². The van der Waals surface area contributed by atoms with Gasteiger partial charge in [0.15, 0.2) is 5.78 Å². The number of amides is 1. The molecule has 2 heterocycles. The zero-order chi connectivity index (χ0) is 51.8. The van der Waals surface area contributed by atoms with E-state index in [4.69, 9.17) is 5.26 Å². The van der Waals surface area contributed by atoms with Crippen LogP contribution in [-0.2, 0) is 37.0 Å². The number of hydrogen-bond donors (Lipinski definition) is 2. The molecule has 2 N–H and O–H groups in total. The van der Waals surface area contributed by atoms with Gasteiger partial charge in [0, 0.05) is 55.0 Å². The van der Waals surface area contributed by atoms with Crippen LogP contribution in [0.1, 0.15) is 103 Å². The first-order valence-corrected chi connectivity index (χ1v) is 23.4. The third kappa shape index (κ3) is 26.6. The van der Waals surface area contributed by atoms with Gasteiger partial charge < -0.3 is 16.9 Å². The number of aryl methyl sites for hydroxylation is 8. The van der Waals surface area contributed by atoms with Gasteiger partial charge in [-0.25, -0.2) is 15.3 Å². The number of nitrogens with zero attached hydrogens (tertiary/aromatic N) is 3. The summed E-state index contributed by atoms with van der Waals surface area (Å²) in [5.41, 5.74) is 17.3. The Morgan fingerprint density at radius 1 is 0.725 bits per heavy atom. The molecule has 0 atom stereocenters. The summed E-state index contributed by atoms with van der Waals surface area (Å²) in [5.74, 6) is -0.761. The fourth-order valence-electron chi connectivity index (χ4n) is 5.31. The first kappa shape index (κ1) is 64.6. The Labute approximate surface area is 422 Å². The predicted octanol–water partition coefficient (Wildman–Crippen LogP) is 11.2. The van der Waals surface area contributed by atoms with Crippen molar-refractivity contribution in [2.75, 3.05) is 14.2 Å². The van der Waals surface area contributed by atoms with Gasteiger partial charge in [-0.05, 0) is 136 Å². The van der Waals surface area contributed by atoms with E-state index in [2.05, 4.69) is 115 Å². The molecule has 1 aliphatic heterocycles. The minimum atomic E-state index is -0.394. The van der Waals surface area contributed by atoms with Crippen LogP contribution >= 0.6 is 20.2 Å². The maximum atomic E-state index is 11.7. The van der Waals surface area contributed by atoms with E-state index >= 15 is 0 Å². The topological polar surface area (TPSA) is 198 Å². The molecule has 13 nitrogen and oxygen atoms in total. The van der Waals surface area contributed by atoms with Crippen LogP contribution in [0.3, 0.4) is 0 Å². The van der Waals surface area contributed by atoms with Crippen LogP contribution in [0.25, 0.3) is 11.3 Å². The number of carbonyl (C=O) groups excluding carboxylic acids is 5. The van der Waals surface area contributed by atoms with Gasteiger partial charge in [0.1, 0.15) is 6.29 Å². The molecule has 0 unspecified atom stereocenters. The van der Waals surface area contributed by atoms with E-state index in [0.717, 1.165) is 71.1 Å². The molecule has 6 rings (SSSR count). The number of methoxy groups -OCH3 is 2. The van der Waals surface area contributed by atoms with E-state index in [0.29, 0.717) is 12.0 Å². The Morgan fingerprint density at radius 2 is 1.22 bits per heavy atom. The first-order chi connectivity index (χ1) is 32.2. The number of aldehydes is 1. The number of Topliss-reactive ketones (excluding diaryl/α,β-unsaturated/α-hetero) is 1. The number of halogens is 2. The first-order valence-electron chi connectivity index (χ1n) is 20.8. The SMILES string of the molecule is C=CC(=O)OC.CC#N.COC(=O)CCC(=O)c1ccc(C)c(C)c1.Cc1ccc(-c2ccc(=O)[nH]n2)cc1C.Cc1ccc(C2=NNC(=O)CC2)cc1C.Cc1ccc(C=O)cc1C.[CH3-].[Cl][Cu][Cl]. The Balaban J connectivity index is 0. The summed E-state index contributed by atoms with van der Waals surface area (Å²) in [7, 11) is 12.0. The van der Waals surface area contributed by atoms with Crippen molar-refractivity contribution < 1.29 is 46.6 Å². The van der Waals surface area contributed by atoms with Crippen molar-refractivity contribution in [3.8, 4) is 17.3 Å². The van der Waals surface area contributed by atoms with Crippen molar-refractivity contribution in [1.29, 1.82) is 5.26 Å². The number of ether oxygens (including phenoxy) is 2. The summed E-state index contributed by atoms with van der Waals surface area (Å²) in [4.78, 5) is 64.5. The molecule has 4 aromatic carbocycles. The van der Waals surface area contributed by atoms with Crippen LogP contribution in [0, 0.1) is 74.1 Å². The molecule has 0 spiro atoms. The zero-order valence-electron chi connectivity index (χ0n) is 41.4. The van der Waals surface area contributed by atoms with Gasteiger partial charge in [0.2, 0.25) is 5.91 Å². The number of esters is 2. The van der Waals surface area contributed by atoms with Gasteiger partial charge in [-0.3, -0.25) is 24.0 Å². The number of nitriles is 1. The predicted molar refractivity (Wildman–Crippen MR) is 274 cm³/mol. The number of nitrogens with one attached hydrogen (secondary N) is 2. The Bertz CT molecular complexity index is 2570. The average Bonchev–Trinajstić information content (AvgIpc) is 3.33. The second kappa shape index (κ2) is 36.5. The van der Waals surface area contributed by atoms with Crippen molar-refractivity contribution >= 4 is 55.8 Å². The van der Waals surface area contributed by atoms with E-state index in [1.165, 1.54) is 60.6 Å². The fourth-order valence-corrected chi connectivity index (χ4v) is 5.31. The molecule has 1 amide bonds. The second-order valence-corrected chi connectivity index (χ2v) is 16.3. The van der Waals surface area contributed by atoms with Crippen molar-refractivity contribution in [3.63, 3.8) is 0 Å². The van der Waals surface area contributed by atoms with E-state index in [9.17, 15) is 28.8 Å². The Morgan fingerprint density at radius 3 is 1.62 bits per heavy atom. The molecule has 375 valence electrons. The number of rotatable bonds is 8. The third-order valence-electron chi connectivity index (χ3n) is 9.87. The molecule has 1 aliphatic rings. The van der Waals surface area contributed by atoms with Gasteiger partial charge in [-0.2, -0.15) is 15.5 Å². The van der Waals surface area contributed by atoms with Gasteiger partial charge in [-0.15, -0.1) is 0 Å².